The highest BCUT2D eigenvalue weighted by Crippen LogP contribution is 2.41. The highest BCUT2D eigenvalue weighted by Gasteiger charge is 2.42. The second kappa shape index (κ2) is 7.08. The molecule has 154 valence electrons. The molecule has 0 aliphatic carbocycles. The zero-order valence-corrected chi connectivity index (χ0v) is 15.9. The maximum Gasteiger partial charge on any atom is 0.435 e. The van der Waals surface area contributed by atoms with Gasteiger partial charge in [0.2, 0.25) is 0 Å². The maximum absolute atomic E-state index is 14.8. The smallest absolute Gasteiger partial charge is 0.386 e. The standard InChI is InChI=1S/C21H17F4N5/c1-20(18-10-17(21(23,24)25)29-30(18)12-19(26)28-20)15-9-14(7-8-16(15)22)27-11-13-5-3-2-4-6-13/h2-11H,12H2,1H3,(H2,26,28)/b27-11+. The van der Waals surface area contributed by atoms with E-state index in [0.717, 1.165) is 16.3 Å². The van der Waals surface area contributed by atoms with Crippen molar-refractivity contribution >= 4 is 17.7 Å². The molecule has 2 heterocycles. The summed E-state index contributed by atoms with van der Waals surface area (Å²) >= 11 is 0. The van der Waals surface area contributed by atoms with E-state index in [1.54, 1.807) is 6.21 Å². The number of hydrogen-bond acceptors (Lipinski definition) is 4. The highest BCUT2D eigenvalue weighted by molar-refractivity contribution is 5.83. The molecule has 2 N–H and O–H groups in total. The Bertz CT molecular complexity index is 1150. The Morgan fingerprint density at radius 2 is 1.87 bits per heavy atom. The third-order valence-electron chi connectivity index (χ3n) is 4.88. The van der Waals surface area contributed by atoms with Gasteiger partial charge in [0.15, 0.2) is 5.69 Å². The minimum absolute atomic E-state index is 0.0550. The highest BCUT2D eigenvalue weighted by atomic mass is 19.4. The first kappa shape index (κ1) is 19.8. The van der Waals surface area contributed by atoms with Crippen LogP contribution >= 0.6 is 0 Å². The maximum atomic E-state index is 14.8. The van der Waals surface area contributed by atoms with Gasteiger partial charge in [0, 0.05) is 11.8 Å². The number of halogens is 4. The first-order valence-corrected chi connectivity index (χ1v) is 9.06. The summed E-state index contributed by atoms with van der Waals surface area (Å²) in [6, 6.07) is 14.3. The van der Waals surface area contributed by atoms with Crippen LogP contribution in [-0.2, 0) is 18.3 Å². The van der Waals surface area contributed by atoms with Gasteiger partial charge in [-0.2, -0.15) is 18.3 Å². The molecule has 0 saturated heterocycles. The van der Waals surface area contributed by atoms with Crippen molar-refractivity contribution in [2.75, 3.05) is 0 Å². The summed E-state index contributed by atoms with van der Waals surface area (Å²) in [5, 5.41) is 3.60. The van der Waals surface area contributed by atoms with Crippen LogP contribution in [-0.4, -0.2) is 21.8 Å². The van der Waals surface area contributed by atoms with Gasteiger partial charge in [-0.05, 0) is 36.8 Å². The zero-order chi connectivity index (χ0) is 21.5. The van der Waals surface area contributed by atoms with Crippen LogP contribution in [0, 0.1) is 5.82 Å². The van der Waals surface area contributed by atoms with Crippen LogP contribution in [0.4, 0.5) is 23.2 Å². The Hall–Kier alpha value is -3.49. The summed E-state index contributed by atoms with van der Waals surface area (Å²) in [7, 11) is 0. The van der Waals surface area contributed by atoms with Crippen molar-refractivity contribution in [1.29, 1.82) is 0 Å². The molecule has 9 heteroatoms. The fourth-order valence-corrected chi connectivity index (χ4v) is 3.45. The molecular weight excluding hydrogens is 398 g/mol. The molecule has 1 unspecified atom stereocenters. The lowest BCUT2D eigenvalue weighted by Crippen LogP contribution is -2.37. The fraction of sp³-hybridized carbons (Fsp3) is 0.190. The Kier molecular flexibility index (Phi) is 4.68. The van der Waals surface area contributed by atoms with E-state index in [4.69, 9.17) is 5.73 Å². The molecule has 1 aliphatic rings. The van der Waals surface area contributed by atoms with Gasteiger partial charge in [0.25, 0.3) is 0 Å². The number of aliphatic imine (C=N–C) groups is 2. The average molecular weight is 415 g/mol. The van der Waals surface area contributed by atoms with Crippen LogP contribution in [0.2, 0.25) is 0 Å². The van der Waals surface area contributed by atoms with Crippen LogP contribution in [0.5, 0.6) is 0 Å². The second-order valence-corrected chi connectivity index (χ2v) is 7.08. The number of amidine groups is 1. The summed E-state index contributed by atoms with van der Waals surface area (Å²) < 4.78 is 55.5. The lowest BCUT2D eigenvalue weighted by molar-refractivity contribution is -0.141. The van der Waals surface area contributed by atoms with Gasteiger partial charge in [-0.1, -0.05) is 30.3 Å². The number of rotatable bonds is 3. The molecular formula is C21H17F4N5. The minimum Gasteiger partial charge on any atom is -0.386 e. The van der Waals surface area contributed by atoms with Crippen LogP contribution in [0.25, 0.3) is 0 Å². The SMILES string of the molecule is CC1(c2cc(/N=C/c3ccccc3)ccc2F)N=C(N)Cn2nc(C(F)(F)F)cc21. The van der Waals surface area contributed by atoms with Gasteiger partial charge in [-0.25, -0.2) is 4.39 Å². The Labute approximate surface area is 169 Å². The zero-order valence-electron chi connectivity index (χ0n) is 15.9. The number of nitrogens with two attached hydrogens (primary N) is 1. The van der Waals surface area contributed by atoms with Crippen LogP contribution in [0.3, 0.4) is 0 Å². The lowest BCUT2D eigenvalue weighted by Gasteiger charge is -2.31. The summed E-state index contributed by atoms with van der Waals surface area (Å²) in [5.74, 6) is -0.574. The first-order valence-electron chi connectivity index (χ1n) is 9.06. The van der Waals surface area contributed by atoms with E-state index in [9.17, 15) is 17.6 Å². The molecule has 3 aromatic rings. The van der Waals surface area contributed by atoms with E-state index in [2.05, 4.69) is 15.1 Å². The molecule has 0 bridgehead atoms. The van der Waals surface area contributed by atoms with Crippen molar-refractivity contribution < 1.29 is 17.6 Å². The molecule has 1 aliphatic heterocycles. The van der Waals surface area contributed by atoms with E-state index in [1.165, 1.54) is 25.1 Å². The van der Waals surface area contributed by atoms with Crippen molar-refractivity contribution in [2.45, 2.75) is 25.2 Å². The van der Waals surface area contributed by atoms with Crippen molar-refractivity contribution in [1.82, 2.24) is 9.78 Å². The van der Waals surface area contributed by atoms with Gasteiger partial charge >= 0.3 is 6.18 Å². The number of alkyl halides is 3. The molecule has 1 atom stereocenters. The minimum atomic E-state index is -4.64. The number of fused-ring (bicyclic) bond motifs is 1. The molecule has 0 amide bonds. The number of aromatic nitrogens is 2. The second-order valence-electron chi connectivity index (χ2n) is 7.08. The summed E-state index contributed by atoms with van der Waals surface area (Å²) in [6.07, 6.45) is -3.02. The summed E-state index contributed by atoms with van der Waals surface area (Å²) in [4.78, 5) is 8.67. The largest absolute Gasteiger partial charge is 0.435 e. The van der Waals surface area contributed by atoms with Gasteiger partial charge in [0.05, 0.1) is 17.9 Å². The van der Waals surface area contributed by atoms with Crippen LogP contribution < -0.4 is 5.73 Å². The van der Waals surface area contributed by atoms with Crippen molar-refractivity contribution in [3.8, 4) is 0 Å². The predicted octanol–water partition coefficient (Wildman–Crippen LogP) is 4.43. The van der Waals surface area contributed by atoms with Crippen molar-refractivity contribution in [2.24, 2.45) is 15.7 Å². The number of hydrogen-bond donors (Lipinski definition) is 1. The Balaban J connectivity index is 1.80. The topological polar surface area (TPSA) is 68.6 Å². The quantitative estimate of drug-likeness (QED) is 0.508. The monoisotopic (exact) mass is 415 g/mol. The lowest BCUT2D eigenvalue weighted by atomic mass is 9.87. The van der Waals surface area contributed by atoms with Gasteiger partial charge in [-0.15, -0.1) is 0 Å². The predicted molar refractivity (Wildman–Crippen MR) is 105 cm³/mol. The van der Waals surface area contributed by atoms with Gasteiger partial charge < -0.3 is 5.73 Å². The van der Waals surface area contributed by atoms with Crippen LogP contribution in [0.1, 0.15) is 29.4 Å². The van der Waals surface area contributed by atoms with Crippen LogP contribution in [0.15, 0.2) is 64.6 Å². The Morgan fingerprint density at radius 1 is 1.13 bits per heavy atom. The fourth-order valence-electron chi connectivity index (χ4n) is 3.45. The van der Waals surface area contributed by atoms with Crippen molar-refractivity contribution in [3.63, 3.8) is 0 Å². The van der Waals surface area contributed by atoms with E-state index in [-0.39, 0.29) is 23.6 Å². The first-order chi connectivity index (χ1) is 14.2. The number of nitrogens with zero attached hydrogens (tertiary/aromatic N) is 4. The molecule has 5 nitrogen and oxygen atoms in total. The summed E-state index contributed by atoms with van der Waals surface area (Å²) in [6.45, 7) is 1.41. The molecule has 0 fully saturated rings. The van der Waals surface area contributed by atoms with E-state index >= 15 is 0 Å². The van der Waals surface area contributed by atoms with Gasteiger partial charge in [0.1, 0.15) is 17.2 Å². The van der Waals surface area contributed by atoms with E-state index < -0.39 is 23.2 Å². The molecule has 0 radical (unpaired) electrons. The Morgan fingerprint density at radius 3 is 2.57 bits per heavy atom. The molecule has 1 aromatic heterocycles. The average Bonchev–Trinajstić information content (AvgIpc) is 3.13. The summed E-state index contributed by atoms with van der Waals surface area (Å²) in [5.41, 5.74) is 4.74. The van der Waals surface area contributed by atoms with Crippen molar-refractivity contribution in [3.05, 3.63) is 82.9 Å². The molecule has 4 rings (SSSR count). The van der Waals surface area contributed by atoms with Gasteiger partial charge in [-0.3, -0.25) is 14.7 Å². The molecule has 30 heavy (non-hydrogen) atoms. The van der Waals surface area contributed by atoms with E-state index in [1.807, 2.05) is 30.3 Å². The normalized spacial score (nSPS) is 19.0. The van der Waals surface area contributed by atoms with E-state index in [0.29, 0.717) is 5.69 Å². The number of benzene rings is 2. The molecule has 0 saturated carbocycles. The third kappa shape index (κ3) is 3.58. The molecule has 2 aromatic carbocycles. The molecule has 0 spiro atoms. The third-order valence-corrected chi connectivity index (χ3v) is 4.88.